The summed E-state index contributed by atoms with van der Waals surface area (Å²) in [6.07, 6.45) is 14.1. The van der Waals surface area contributed by atoms with Crippen molar-refractivity contribution in [2.24, 2.45) is 29.1 Å². The van der Waals surface area contributed by atoms with Crippen LogP contribution in [0, 0.1) is 29.1 Å². The molecule has 0 bridgehead atoms. The molecule has 4 heteroatoms. The van der Waals surface area contributed by atoms with Gasteiger partial charge in [-0.3, -0.25) is 4.79 Å². The van der Waals surface area contributed by atoms with E-state index in [2.05, 4.69) is 31.4 Å². The fourth-order valence-corrected chi connectivity index (χ4v) is 8.78. The number of ether oxygens (including phenoxy) is 1. The lowest BCUT2D eigenvalue weighted by atomic mass is 9.58. The van der Waals surface area contributed by atoms with Crippen LogP contribution in [-0.2, 0) is 9.53 Å². The van der Waals surface area contributed by atoms with E-state index in [1.54, 1.807) is 11.1 Å². The molecule has 5 rings (SSSR count). The maximum absolute atomic E-state index is 11.4. The molecule has 0 radical (unpaired) electrons. The number of hydrogen-bond acceptors (Lipinski definition) is 4. The lowest BCUT2D eigenvalue weighted by molar-refractivity contribution is -0.104. The molecule has 4 fully saturated rings. The highest BCUT2D eigenvalue weighted by molar-refractivity contribution is 5.66. The Bertz CT molecular complexity index is 803. The van der Waals surface area contributed by atoms with Crippen molar-refractivity contribution < 1.29 is 9.53 Å². The summed E-state index contributed by atoms with van der Waals surface area (Å²) in [6.45, 7) is 9.50. The van der Waals surface area contributed by atoms with Crippen molar-refractivity contribution in [3.63, 3.8) is 0 Å². The van der Waals surface area contributed by atoms with Gasteiger partial charge < -0.3 is 15.4 Å². The van der Waals surface area contributed by atoms with E-state index in [1.165, 1.54) is 44.1 Å². The van der Waals surface area contributed by atoms with Gasteiger partial charge in [-0.2, -0.15) is 0 Å². The number of hydrogen-bond donors (Lipinski definition) is 2. The molecule has 1 spiro atoms. The van der Waals surface area contributed by atoms with Crippen LogP contribution >= 0.6 is 0 Å². The van der Waals surface area contributed by atoms with Gasteiger partial charge in [0.15, 0.2) is 0 Å². The first kappa shape index (κ1) is 22.8. The topological polar surface area (TPSA) is 50.4 Å². The van der Waals surface area contributed by atoms with E-state index in [1.807, 2.05) is 13.1 Å². The number of allylic oxidation sites excluding steroid dienone is 3. The van der Waals surface area contributed by atoms with E-state index < -0.39 is 0 Å². The van der Waals surface area contributed by atoms with E-state index in [-0.39, 0.29) is 11.0 Å². The number of carbonyl (C=O) groups excluding carboxylic acids is 1. The largest absolute Gasteiger partial charge is 0.369 e. The van der Waals surface area contributed by atoms with Crippen molar-refractivity contribution >= 4 is 6.29 Å². The third-order valence-corrected chi connectivity index (χ3v) is 10.6. The normalized spacial score (nSPS) is 47.3. The molecule has 8 unspecified atom stereocenters. The Hall–Kier alpha value is -0.970. The second kappa shape index (κ2) is 8.67. The van der Waals surface area contributed by atoms with Crippen LogP contribution in [0.3, 0.4) is 0 Å². The maximum Gasteiger partial charge on any atom is 0.142 e. The molecule has 4 nitrogen and oxygen atoms in total. The van der Waals surface area contributed by atoms with E-state index >= 15 is 0 Å². The molecule has 2 N–H and O–H groups in total. The Balaban J connectivity index is 1.44. The summed E-state index contributed by atoms with van der Waals surface area (Å²) in [5.74, 6) is 2.74. The molecule has 5 aliphatic rings. The summed E-state index contributed by atoms with van der Waals surface area (Å²) in [7, 11) is 2.05. The van der Waals surface area contributed by atoms with Gasteiger partial charge in [0, 0.05) is 12.0 Å². The van der Waals surface area contributed by atoms with Crippen LogP contribution < -0.4 is 10.6 Å². The van der Waals surface area contributed by atoms with Crippen molar-refractivity contribution in [1.29, 1.82) is 0 Å². The van der Waals surface area contributed by atoms with E-state index in [0.717, 1.165) is 50.5 Å². The lowest BCUT2D eigenvalue weighted by Crippen LogP contribution is -2.46. The monoisotopic (exact) mass is 440 g/mol. The van der Waals surface area contributed by atoms with Crippen LogP contribution in [-0.4, -0.2) is 44.2 Å². The second-order valence-corrected chi connectivity index (χ2v) is 11.9. The molecular weight excluding hydrogens is 396 g/mol. The molecule has 0 amide bonds. The Labute approximate surface area is 195 Å². The summed E-state index contributed by atoms with van der Waals surface area (Å²) in [4.78, 5) is 11.4. The van der Waals surface area contributed by atoms with Gasteiger partial charge >= 0.3 is 0 Å². The zero-order chi connectivity index (χ0) is 22.5. The van der Waals surface area contributed by atoms with E-state index in [4.69, 9.17) is 4.74 Å². The molecule has 2 saturated carbocycles. The first-order chi connectivity index (χ1) is 15.4. The molecule has 2 saturated heterocycles. The Morgan fingerprint density at radius 1 is 1.28 bits per heavy atom. The molecule has 2 aliphatic heterocycles. The summed E-state index contributed by atoms with van der Waals surface area (Å²) in [5.41, 5.74) is 4.97. The minimum Gasteiger partial charge on any atom is -0.369 e. The number of aldehydes is 1. The molecule has 3 aliphatic carbocycles. The Morgan fingerprint density at radius 2 is 2.12 bits per heavy atom. The summed E-state index contributed by atoms with van der Waals surface area (Å²) in [6, 6.07) is 0.544. The number of piperidine rings is 1. The van der Waals surface area contributed by atoms with Crippen molar-refractivity contribution in [3.05, 3.63) is 22.8 Å². The first-order valence-electron chi connectivity index (χ1n) is 13.3. The predicted molar refractivity (Wildman–Crippen MR) is 129 cm³/mol. The van der Waals surface area contributed by atoms with Crippen LogP contribution in [0.1, 0.15) is 78.6 Å². The third kappa shape index (κ3) is 3.47. The average molecular weight is 441 g/mol. The maximum atomic E-state index is 11.4. The summed E-state index contributed by atoms with van der Waals surface area (Å²) >= 11 is 0. The quantitative estimate of drug-likeness (QED) is 0.375. The molecule has 0 aromatic heterocycles. The third-order valence-electron chi connectivity index (χ3n) is 10.6. The van der Waals surface area contributed by atoms with Crippen LogP contribution in [0.2, 0.25) is 0 Å². The van der Waals surface area contributed by atoms with Gasteiger partial charge in [-0.15, -0.1) is 0 Å². The highest BCUT2D eigenvalue weighted by Gasteiger charge is 2.57. The van der Waals surface area contributed by atoms with E-state index in [9.17, 15) is 4.79 Å². The molecule has 8 atom stereocenters. The van der Waals surface area contributed by atoms with Crippen molar-refractivity contribution in [2.45, 2.75) is 96.3 Å². The molecule has 178 valence electrons. The minimum absolute atomic E-state index is 0.0380. The van der Waals surface area contributed by atoms with Gasteiger partial charge in [0.05, 0.1) is 11.7 Å². The van der Waals surface area contributed by atoms with Crippen LogP contribution in [0.25, 0.3) is 0 Å². The van der Waals surface area contributed by atoms with Gasteiger partial charge in [0.2, 0.25) is 0 Å². The van der Waals surface area contributed by atoms with E-state index in [0.29, 0.717) is 24.0 Å². The predicted octanol–water partition coefficient (Wildman–Crippen LogP) is 4.80. The summed E-state index contributed by atoms with van der Waals surface area (Å²) < 4.78 is 6.95. The molecule has 0 aromatic rings. The smallest absolute Gasteiger partial charge is 0.142 e. The number of fused-ring (bicyclic) bond motifs is 4. The molecular formula is C28H44N2O2. The molecule has 32 heavy (non-hydrogen) atoms. The van der Waals surface area contributed by atoms with Crippen molar-refractivity contribution in [3.8, 4) is 0 Å². The average Bonchev–Trinajstić information content (AvgIpc) is 3.25. The highest BCUT2D eigenvalue weighted by Crippen LogP contribution is 2.63. The van der Waals surface area contributed by atoms with Crippen LogP contribution in [0.15, 0.2) is 22.8 Å². The van der Waals surface area contributed by atoms with Gasteiger partial charge in [0.1, 0.15) is 6.29 Å². The standard InChI is InChI=1S/C28H44N2O2/c1-18-17-28(19(2)26-25(32-28)6-5-13-30-26)11-9-21-22-8-7-20(10-15-31)27(3,12-14-29-4)24(22)16-23(18)21/h10,15,19,21-22,24-26,29-30H,5-9,11-14,16-17H2,1-4H3/b20-10-. The zero-order valence-electron chi connectivity index (χ0n) is 20.7. The highest BCUT2D eigenvalue weighted by atomic mass is 16.5. The summed E-state index contributed by atoms with van der Waals surface area (Å²) in [5, 5.41) is 7.18. The van der Waals surface area contributed by atoms with Crippen LogP contribution in [0.5, 0.6) is 0 Å². The first-order valence-corrected chi connectivity index (χ1v) is 13.3. The van der Waals surface area contributed by atoms with Gasteiger partial charge in [-0.25, -0.2) is 0 Å². The number of carbonyl (C=O) groups is 1. The van der Waals surface area contributed by atoms with Gasteiger partial charge in [-0.1, -0.05) is 30.6 Å². The second-order valence-electron chi connectivity index (χ2n) is 11.9. The van der Waals surface area contributed by atoms with Gasteiger partial charge in [0.25, 0.3) is 0 Å². The Morgan fingerprint density at radius 3 is 2.88 bits per heavy atom. The van der Waals surface area contributed by atoms with Crippen molar-refractivity contribution in [2.75, 3.05) is 20.1 Å². The SMILES string of the molecule is CNCCC1(C)/C(=C\C=O)CCC2C3CCC4(CC(C)=C3CC21)OC1CCCNC1C4C. The molecule has 2 heterocycles. The van der Waals surface area contributed by atoms with Crippen LogP contribution in [0.4, 0.5) is 0 Å². The fraction of sp³-hybridized carbons (Fsp3) is 0.821. The fourth-order valence-electron chi connectivity index (χ4n) is 8.78. The lowest BCUT2D eigenvalue weighted by Gasteiger charge is -2.47. The van der Waals surface area contributed by atoms with Gasteiger partial charge in [-0.05, 0) is 114 Å². The molecule has 0 aromatic carbocycles. The number of rotatable bonds is 4. The van der Waals surface area contributed by atoms with Crippen molar-refractivity contribution in [1.82, 2.24) is 10.6 Å². The Kier molecular flexibility index (Phi) is 6.18. The zero-order valence-corrected chi connectivity index (χ0v) is 20.7. The number of nitrogens with one attached hydrogen (secondary N) is 2. The minimum atomic E-state index is 0.0380.